The van der Waals surface area contributed by atoms with Gasteiger partial charge in [-0.25, -0.2) is 12.8 Å². The van der Waals surface area contributed by atoms with Gasteiger partial charge in [-0.05, 0) is 79.9 Å². The molecule has 4 aromatic carbocycles. The fourth-order valence-corrected chi connectivity index (χ4v) is 6.58. The van der Waals surface area contributed by atoms with Crippen LogP contribution in [0.3, 0.4) is 0 Å². The van der Waals surface area contributed by atoms with Crippen molar-refractivity contribution >= 4 is 39.1 Å². The zero-order valence-corrected chi connectivity index (χ0v) is 26.4. The maximum absolute atomic E-state index is 14.4. The first-order valence-corrected chi connectivity index (χ1v) is 16.0. The second-order valence-electron chi connectivity index (χ2n) is 10.8. The fourth-order valence-electron chi connectivity index (χ4n) is 4.85. The molecule has 1 atom stereocenters. The molecule has 7 nitrogen and oxygen atoms in total. The average Bonchev–Trinajstić information content (AvgIpc) is 2.99. The van der Waals surface area contributed by atoms with Crippen LogP contribution in [-0.4, -0.2) is 43.8 Å². The van der Waals surface area contributed by atoms with Gasteiger partial charge in [-0.15, -0.1) is 0 Å². The predicted octanol–water partition coefficient (Wildman–Crippen LogP) is 6.15. The molecule has 0 spiro atoms. The normalized spacial score (nSPS) is 12.0. The number of nitrogens with zero attached hydrogens (tertiary/aromatic N) is 2. The van der Waals surface area contributed by atoms with E-state index in [4.69, 9.17) is 11.6 Å². The number of carbonyl (C=O) groups excluding carboxylic acids is 2. The van der Waals surface area contributed by atoms with Gasteiger partial charge in [0, 0.05) is 24.0 Å². The highest BCUT2D eigenvalue weighted by atomic mass is 35.5. The molecule has 1 N–H and O–H groups in total. The van der Waals surface area contributed by atoms with Crippen molar-refractivity contribution in [3.63, 3.8) is 0 Å². The van der Waals surface area contributed by atoms with Gasteiger partial charge in [0.1, 0.15) is 18.4 Å². The molecular formula is C34H35ClFN3O4S. The Morgan fingerprint density at radius 1 is 0.864 bits per heavy atom. The minimum atomic E-state index is -4.23. The third-order valence-corrected chi connectivity index (χ3v) is 9.01. The second kappa shape index (κ2) is 14.5. The Morgan fingerprint density at radius 2 is 1.48 bits per heavy atom. The lowest BCUT2D eigenvalue weighted by molar-refractivity contribution is -0.140. The van der Waals surface area contributed by atoms with Gasteiger partial charge < -0.3 is 10.2 Å². The van der Waals surface area contributed by atoms with E-state index >= 15 is 0 Å². The van der Waals surface area contributed by atoms with E-state index in [1.54, 1.807) is 43.3 Å². The van der Waals surface area contributed by atoms with Crippen LogP contribution in [0.4, 0.5) is 10.1 Å². The lowest BCUT2D eigenvalue weighted by atomic mass is 10.0. The molecule has 4 aromatic rings. The zero-order chi connectivity index (χ0) is 31.9. The number of hydrogen-bond acceptors (Lipinski definition) is 4. The van der Waals surface area contributed by atoms with Crippen molar-refractivity contribution in [2.75, 3.05) is 10.8 Å². The lowest BCUT2D eigenvalue weighted by Crippen LogP contribution is -2.54. The largest absolute Gasteiger partial charge is 0.352 e. The van der Waals surface area contributed by atoms with Crippen molar-refractivity contribution < 1.29 is 22.4 Å². The molecule has 230 valence electrons. The summed E-state index contributed by atoms with van der Waals surface area (Å²) in [6.45, 7) is 4.70. The van der Waals surface area contributed by atoms with Gasteiger partial charge in [0.2, 0.25) is 11.8 Å². The molecular weight excluding hydrogens is 601 g/mol. The van der Waals surface area contributed by atoms with Crippen LogP contribution in [0.5, 0.6) is 0 Å². The van der Waals surface area contributed by atoms with Gasteiger partial charge in [0.05, 0.1) is 10.6 Å². The van der Waals surface area contributed by atoms with Crippen LogP contribution >= 0.6 is 11.6 Å². The Bertz CT molecular complexity index is 1690. The van der Waals surface area contributed by atoms with Crippen molar-refractivity contribution in [2.24, 2.45) is 0 Å². The number of carbonyl (C=O) groups is 2. The minimum absolute atomic E-state index is 0.00520. The summed E-state index contributed by atoms with van der Waals surface area (Å²) >= 11 is 6.19. The summed E-state index contributed by atoms with van der Waals surface area (Å²) in [5.74, 6) is -1.44. The number of rotatable bonds is 12. The molecule has 0 saturated carbocycles. The Morgan fingerprint density at radius 3 is 2.07 bits per heavy atom. The van der Waals surface area contributed by atoms with E-state index in [-0.39, 0.29) is 35.5 Å². The van der Waals surface area contributed by atoms with Crippen LogP contribution < -0.4 is 9.62 Å². The first-order chi connectivity index (χ1) is 21.0. The van der Waals surface area contributed by atoms with Gasteiger partial charge in [-0.3, -0.25) is 13.9 Å². The summed E-state index contributed by atoms with van der Waals surface area (Å²) in [6, 6.07) is 26.3. The number of sulfonamides is 1. The molecule has 0 bridgehead atoms. The molecule has 0 aliphatic heterocycles. The maximum Gasteiger partial charge on any atom is 0.264 e. The third-order valence-electron chi connectivity index (χ3n) is 7.01. The molecule has 0 heterocycles. The van der Waals surface area contributed by atoms with Crippen molar-refractivity contribution in [1.29, 1.82) is 0 Å². The Kier molecular flexibility index (Phi) is 10.8. The molecule has 4 rings (SSSR count). The molecule has 0 aromatic heterocycles. The summed E-state index contributed by atoms with van der Waals surface area (Å²) < 4.78 is 43.0. The number of aryl methyl sites for hydroxylation is 1. The summed E-state index contributed by atoms with van der Waals surface area (Å²) in [5, 5.41) is 3.33. The van der Waals surface area contributed by atoms with Crippen molar-refractivity contribution in [1.82, 2.24) is 10.2 Å². The number of hydrogen-bond donors (Lipinski definition) is 1. The lowest BCUT2D eigenvalue weighted by Gasteiger charge is -2.34. The first-order valence-electron chi connectivity index (χ1n) is 14.2. The molecule has 0 unspecified atom stereocenters. The SMILES string of the molecule is Cc1cc(Cl)ccc1N(CC(=O)N(Cc1ccc(F)cc1)[C@@H](Cc1ccccc1)C(=O)NC(C)C)S(=O)(=O)c1ccccc1. The van der Waals surface area contributed by atoms with Gasteiger partial charge in [-0.1, -0.05) is 72.3 Å². The molecule has 0 saturated heterocycles. The van der Waals surface area contributed by atoms with Gasteiger partial charge in [0.25, 0.3) is 10.0 Å². The van der Waals surface area contributed by atoms with E-state index in [2.05, 4.69) is 5.32 Å². The van der Waals surface area contributed by atoms with Crippen molar-refractivity contribution in [2.45, 2.75) is 50.7 Å². The van der Waals surface area contributed by atoms with E-state index in [9.17, 15) is 22.4 Å². The van der Waals surface area contributed by atoms with Crippen LogP contribution in [0, 0.1) is 12.7 Å². The first kappa shape index (κ1) is 32.7. The average molecular weight is 636 g/mol. The number of halogens is 2. The van der Waals surface area contributed by atoms with E-state index < -0.39 is 34.3 Å². The van der Waals surface area contributed by atoms with Gasteiger partial charge in [0.15, 0.2) is 0 Å². The summed E-state index contributed by atoms with van der Waals surface area (Å²) in [7, 11) is -4.23. The fraction of sp³-hybridized carbons (Fsp3) is 0.235. The van der Waals surface area contributed by atoms with Crippen LogP contribution in [-0.2, 0) is 32.6 Å². The van der Waals surface area contributed by atoms with Crippen molar-refractivity contribution in [3.05, 3.63) is 131 Å². The summed E-state index contributed by atoms with van der Waals surface area (Å²) in [6.07, 6.45) is 0.178. The van der Waals surface area contributed by atoms with Crippen LogP contribution in [0.1, 0.15) is 30.5 Å². The van der Waals surface area contributed by atoms with E-state index in [1.807, 2.05) is 44.2 Å². The summed E-state index contributed by atoms with van der Waals surface area (Å²) in [5.41, 5.74) is 2.22. The smallest absolute Gasteiger partial charge is 0.264 e. The number of benzene rings is 4. The quantitative estimate of drug-likeness (QED) is 0.202. The molecule has 2 amide bonds. The Labute approximate surface area is 263 Å². The number of amides is 2. The predicted molar refractivity (Wildman–Crippen MR) is 171 cm³/mol. The zero-order valence-electron chi connectivity index (χ0n) is 24.8. The van der Waals surface area contributed by atoms with Gasteiger partial charge in [-0.2, -0.15) is 0 Å². The van der Waals surface area contributed by atoms with E-state index in [0.717, 1.165) is 9.87 Å². The van der Waals surface area contributed by atoms with E-state index in [1.165, 1.54) is 41.3 Å². The molecule has 44 heavy (non-hydrogen) atoms. The highest BCUT2D eigenvalue weighted by Gasteiger charge is 2.35. The maximum atomic E-state index is 14.4. The Hall–Kier alpha value is -4.21. The minimum Gasteiger partial charge on any atom is -0.352 e. The topological polar surface area (TPSA) is 86.8 Å². The van der Waals surface area contributed by atoms with Crippen LogP contribution in [0.25, 0.3) is 0 Å². The highest BCUT2D eigenvalue weighted by molar-refractivity contribution is 7.92. The van der Waals surface area contributed by atoms with Gasteiger partial charge >= 0.3 is 0 Å². The van der Waals surface area contributed by atoms with E-state index in [0.29, 0.717) is 16.1 Å². The number of anilines is 1. The highest BCUT2D eigenvalue weighted by Crippen LogP contribution is 2.29. The molecule has 0 fully saturated rings. The standard InChI is InChI=1S/C34H35ClFN3O4S/c1-24(2)37-34(41)32(21-26-10-6-4-7-11-26)38(22-27-14-17-29(36)18-15-27)33(40)23-39(31-19-16-28(35)20-25(31)3)44(42,43)30-12-8-5-9-13-30/h4-20,24,32H,21-23H2,1-3H3,(H,37,41)/t32-/m0/s1. The Balaban J connectivity index is 1.82. The van der Waals surface area contributed by atoms with Crippen molar-refractivity contribution in [3.8, 4) is 0 Å². The van der Waals surface area contributed by atoms with Crippen LogP contribution in [0.15, 0.2) is 108 Å². The second-order valence-corrected chi connectivity index (χ2v) is 13.1. The monoisotopic (exact) mass is 635 g/mol. The molecule has 0 aliphatic carbocycles. The number of nitrogens with one attached hydrogen (secondary N) is 1. The molecule has 10 heteroatoms. The molecule has 0 radical (unpaired) electrons. The van der Waals surface area contributed by atoms with Crippen LogP contribution in [0.2, 0.25) is 5.02 Å². The molecule has 0 aliphatic rings. The third kappa shape index (κ3) is 8.24. The summed E-state index contributed by atoms with van der Waals surface area (Å²) in [4.78, 5) is 29.5.